The van der Waals surface area contributed by atoms with Crippen molar-refractivity contribution in [2.75, 3.05) is 18.4 Å². The number of carbonyl (C=O) groups is 2. The summed E-state index contributed by atoms with van der Waals surface area (Å²) in [6.07, 6.45) is 2.05. The van der Waals surface area contributed by atoms with Crippen LogP contribution >= 0.6 is 0 Å². The lowest BCUT2D eigenvalue weighted by atomic mass is 10.00. The fraction of sp³-hybridized carbons (Fsp3) is 0.429. The zero-order chi connectivity index (χ0) is 13.4. The van der Waals surface area contributed by atoms with Crippen molar-refractivity contribution in [2.24, 2.45) is 5.73 Å². The number of anilines is 1. The van der Waals surface area contributed by atoms with E-state index in [1.165, 1.54) is 0 Å². The monoisotopic (exact) mass is 259 g/mol. The molecule has 0 spiro atoms. The van der Waals surface area contributed by atoms with Crippen molar-refractivity contribution >= 4 is 17.5 Å². The Morgan fingerprint density at radius 2 is 2.21 bits per heavy atom. The van der Waals surface area contributed by atoms with E-state index in [-0.39, 0.29) is 17.9 Å². The molecule has 19 heavy (non-hydrogen) atoms. The average Bonchev–Trinajstić information content (AvgIpc) is 2.84. The third-order valence-corrected chi connectivity index (χ3v) is 3.76. The third-order valence-electron chi connectivity index (χ3n) is 3.76. The van der Waals surface area contributed by atoms with Crippen LogP contribution in [0.25, 0.3) is 0 Å². The van der Waals surface area contributed by atoms with Crippen LogP contribution in [0.5, 0.6) is 0 Å². The highest BCUT2D eigenvalue weighted by molar-refractivity contribution is 5.98. The predicted molar refractivity (Wildman–Crippen MR) is 71.9 cm³/mol. The van der Waals surface area contributed by atoms with Crippen LogP contribution in [-0.4, -0.2) is 35.8 Å². The lowest BCUT2D eigenvalue weighted by Crippen LogP contribution is -2.32. The van der Waals surface area contributed by atoms with Crippen molar-refractivity contribution in [3.63, 3.8) is 0 Å². The van der Waals surface area contributed by atoms with Gasteiger partial charge in [-0.15, -0.1) is 0 Å². The summed E-state index contributed by atoms with van der Waals surface area (Å²) in [5, 5.41) is 2.82. The molecule has 0 aliphatic carbocycles. The van der Waals surface area contributed by atoms with Crippen LogP contribution in [0.2, 0.25) is 0 Å². The number of hydrogen-bond acceptors (Lipinski definition) is 3. The van der Waals surface area contributed by atoms with Gasteiger partial charge in [0.15, 0.2) is 0 Å². The molecular weight excluding hydrogens is 242 g/mol. The van der Waals surface area contributed by atoms with E-state index >= 15 is 0 Å². The highest BCUT2D eigenvalue weighted by Gasteiger charge is 2.25. The van der Waals surface area contributed by atoms with Gasteiger partial charge < -0.3 is 16.0 Å². The summed E-state index contributed by atoms with van der Waals surface area (Å²) in [4.78, 5) is 25.4. The summed E-state index contributed by atoms with van der Waals surface area (Å²) in [5.74, 6) is 0.0738. The minimum atomic E-state index is 0.0349. The Labute approximate surface area is 111 Å². The van der Waals surface area contributed by atoms with Gasteiger partial charge in [0.2, 0.25) is 5.91 Å². The fourth-order valence-corrected chi connectivity index (χ4v) is 2.67. The maximum Gasteiger partial charge on any atom is 0.253 e. The van der Waals surface area contributed by atoms with Crippen LogP contribution in [-0.2, 0) is 11.2 Å². The summed E-state index contributed by atoms with van der Waals surface area (Å²) in [6.45, 7) is 1.36. The number of fused-ring (bicyclic) bond motifs is 1. The van der Waals surface area contributed by atoms with E-state index in [0.717, 1.165) is 24.2 Å². The molecule has 5 heteroatoms. The number of carbonyl (C=O) groups excluding carboxylic acids is 2. The quantitative estimate of drug-likeness (QED) is 0.781. The topological polar surface area (TPSA) is 75.4 Å². The Bertz CT molecular complexity index is 541. The van der Waals surface area contributed by atoms with Gasteiger partial charge >= 0.3 is 0 Å². The van der Waals surface area contributed by atoms with E-state index in [2.05, 4.69) is 5.32 Å². The van der Waals surface area contributed by atoms with E-state index in [1.54, 1.807) is 11.0 Å². The first-order valence-electron chi connectivity index (χ1n) is 6.61. The molecule has 1 saturated heterocycles. The maximum atomic E-state index is 12.3. The van der Waals surface area contributed by atoms with Crippen LogP contribution in [0.1, 0.15) is 28.8 Å². The highest BCUT2D eigenvalue weighted by atomic mass is 16.2. The zero-order valence-electron chi connectivity index (χ0n) is 10.7. The largest absolute Gasteiger partial charge is 0.337 e. The molecular formula is C14H17N3O2. The second kappa shape index (κ2) is 4.66. The molecule has 0 radical (unpaired) electrons. The highest BCUT2D eigenvalue weighted by Crippen LogP contribution is 2.24. The molecule has 2 aliphatic rings. The smallest absolute Gasteiger partial charge is 0.253 e. The summed E-state index contributed by atoms with van der Waals surface area (Å²) in [7, 11) is 0. The normalized spacial score (nSPS) is 22.1. The molecule has 2 aliphatic heterocycles. The standard InChI is InChI=1S/C14H17N3O2/c15-11-5-6-17(8-11)14(19)10-1-3-12-9(7-10)2-4-13(18)16-12/h1,3,7,11H,2,4-6,8,15H2,(H,16,18). The molecule has 1 unspecified atom stereocenters. The van der Waals surface area contributed by atoms with Crippen LogP contribution in [0.3, 0.4) is 0 Å². The number of aryl methyl sites for hydroxylation is 1. The minimum Gasteiger partial charge on any atom is -0.337 e. The molecule has 0 saturated carbocycles. The Morgan fingerprint density at radius 1 is 1.37 bits per heavy atom. The van der Waals surface area contributed by atoms with E-state index < -0.39 is 0 Å². The SMILES string of the molecule is NC1CCN(C(=O)c2ccc3c(c2)CCC(=O)N3)C1. The van der Waals surface area contributed by atoms with Crippen LogP contribution in [0.4, 0.5) is 5.69 Å². The molecule has 0 aromatic heterocycles. The van der Waals surface area contributed by atoms with E-state index in [9.17, 15) is 9.59 Å². The summed E-state index contributed by atoms with van der Waals surface area (Å²) in [5.41, 5.74) is 8.37. The summed E-state index contributed by atoms with van der Waals surface area (Å²) in [6, 6.07) is 5.58. The van der Waals surface area contributed by atoms with Gasteiger partial charge in [0.05, 0.1) is 0 Å². The van der Waals surface area contributed by atoms with Crippen molar-refractivity contribution in [3.05, 3.63) is 29.3 Å². The van der Waals surface area contributed by atoms with Crippen molar-refractivity contribution in [1.82, 2.24) is 4.90 Å². The van der Waals surface area contributed by atoms with Gasteiger partial charge in [0.1, 0.15) is 0 Å². The predicted octanol–water partition coefficient (Wildman–Crippen LogP) is 0.744. The molecule has 2 heterocycles. The first-order valence-corrected chi connectivity index (χ1v) is 6.61. The van der Waals surface area contributed by atoms with Gasteiger partial charge in [0, 0.05) is 36.8 Å². The second-order valence-corrected chi connectivity index (χ2v) is 5.22. The van der Waals surface area contributed by atoms with Gasteiger partial charge in [0.25, 0.3) is 5.91 Å². The Hall–Kier alpha value is -1.88. The molecule has 1 aromatic carbocycles. The number of nitrogens with two attached hydrogens (primary N) is 1. The molecule has 3 N–H and O–H groups in total. The minimum absolute atomic E-state index is 0.0349. The lowest BCUT2D eigenvalue weighted by molar-refractivity contribution is -0.116. The van der Waals surface area contributed by atoms with Crippen LogP contribution in [0.15, 0.2) is 18.2 Å². The molecule has 3 rings (SSSR count). The zero-order valence-corrected chi connectivity index (χ0v) is 10.7. The lowest BCUT2D eigenvalue weighted by Gasteiger charge is -2.20. The number of nitrogens with zero attached hydrogens (tertiary/aromatic N) is 1. The number of nitrogens with one attached hydrogen (secondary N) is 1. The Balaban J connectivity index is 1.82. The molecule has 100 valence electrons. The number of amides is 2. The van der Waals surface area contributed by atoms with Gasteiger partial charge in [-0.3, -0.25) is 9.59 Å². The van der Waals surface area contributed by atoms with Gasteiger partial charge in [-0.1, -0.05) is 0 Å². The molecule has 1 fully saturated rings. The first kappa shape index (κ1) is 12.2. The summed E-state index contributed by atoms with van der Waals surface area (Å²) < 4.78 is 0. The van der Waals surface area contributed by atoms with Crippen molar-refractivity contribution in [3.8, 4) is 0 Å². The second-order valence-electron chi connectivity index (χ2n) is 5.22. The Kier molecular flexibility index (Phi) is 2.98. The molecule has 5 nitrogen and oxygen atoms in total. The molecule has 0 bridgehead atoms. The maximum absolute atomic E-state index is 12.3. The third kappa shape index (κ3) is 2.33. The molecule has 2 amide bonds. The van der Waals surface area contributed by atoms with Gasteiger partial charge in [-0.05, 0) is 36.6 Å². The molecule has 1 aromatic rings. The average molecular weight is 259 g/mol. The molecule has 1 atom stereocenters. The number of rotatable bonds is 1. The Morgan fingerprint density at radius 3 is 2.95 bits per heavy atom. The summed E-state index contributed by atoms with van der Waals surface area (Å²) >= 11 is 0. The van der Waals surface area contributed by atoms with Gasteiger partial charge in [-0.25, -0.2) is 0 Å². The van der Waals surface area contributed by atoms with E-state index in [4.69, 9.17) is 5.73 Å². The van der Waals surface area contributed by atoms with Crippen molar-refractivity contribution in [2.45, 2.75) is 25.3 Å². The van der Waals surface area contributed by atoms with E-state index in [1.807, 2.05) is 12.1 Å². The first-order chi connectivity index (χ1) is 9.13. The van der Waals surface area contributed by atoms with Gasteiger partial charge in [-0.2, -0.15) is 0 Å². The van der Waals surface area contributed by atoms with Crippen molar-refractivity contribution < 1.29 is 9.59 Å². The van der Waals surface area contributed by atoms with Crippen molar-refractivity contribution in [1.29, 1.82) is 0 Å². The van der Waals surface area contributed by atoms with Crippen LogP contribution in [0, 0.1) is 0 Å². The van der Waals surface area contributed by atoms with Crippen LogP contribution < -0.4 is 11.1 Å². The number of benzene rings is 1. The fourth-order valence-electron chi connectivity index (χ4n) is 2.67. The number of likely N-dealkylation sites (tertiary alicyclic amines) is 1. The number of hydrogen-bond donors (Lipinski definition) is 2. The van der Waals surface area contributed by atoms with E-state index in [0.29, 0.717) is 24.9 Å².